The minimum absolute atomic E-state index is 0.131. The molecule has 0 aromatic heterocycles. The Bertz CT molecular complexity index is 529. The molecular formula is C21H38N2O5. The van der Waals surface area contributed by atoms with Gasteiger partial charge in [0.1, 0.15) is 6.04 Å². The van der Waals surface area contributed by atoms with Gasteiger partial charge in [0.25, 0.3) is 0 Å². The summed E-state index contributed by atoms with van der Waals surface area (Å²) in [5.41, 5.74) is -0.790. The van der Waals surface area contributed by atoms with Gasteiger partial charge in [0.2, 0.25) is 11.8 Å². The van der Waals surface area contributed by atoms with Gasteiger partial charge in [-0.1, -0.05) is 47.5 Å². The van der Waals surface area contributed by atoms with Gasteiger partial charge in [0.05, 0.1) is 19.3 Å². The van der Waals surface area contributed by atoms with Crippen molar-refractivity contribution < 1.29 is 24.2 Å². The lowest BCUT2D eigenvalue weighted by molar-refractivity contribution is -0.134. The number of ketones is 1. The Labute approximate surface area is 169 Å². The van der Waals surface area contributed by atoms with E-state index in [0.29, 0.717) is 31.8 Å². The average molecular weight is 399 g/mol. The predicted octanol–water partition coefficient (Wildman–Crippen LogP) is 1.96. The van der Waals surface area contributed by atoms with Gasteiger partial charge in [-0.25, -0.2) is 0 Å². The van der Waals surface area contributed by atoms with E-state index >= 15 is 0 Å². The Hall–Kier alpha value is -1.47. The molecule has 1 heterocycles. The molecule has 28 heavy (non-hydrogen) atoms. The van der Waals surface area contributed by atoms with Crippen molar-refractivity contribution in [3.8, 4) is 0 Å². The molecule has 1 aliphatic rings. The van der Waals surface area contributed by atoms with Crippen molar-refractivity contribution in [2.75, 3.05) is 13.2 Å². The van der Waals surface area contributed by atoms with Crippen LogP contribution < -0.4 is 10.6 Å². The summed E-state index contributed by atoms with van der Waals surface area (Å²) in [4.78, 5) is 37.5. The fourth-order valence-electron chi connectivity index (χ4n) is 3.20. The van der Waals surface area contributed by atoms with E-state index in [1.165, 1.54) is 0 Å². The molecule has 3 atom stereocenters. The van der Waals surface area contributed by atoms with Crippen molar-refractivity contribution in [3.63, 3.8) is 0 Å². The molecule has 1 rings (SSSR count). The van der Waals surface area contributed by atoms with E-state index in [4.69, 9.17) is 4.74 Å². The number of amides is 2. The molecular weight excluding hydrogens is 360 g/mol. The van der Waals surface area contributed by atoms with Gasteiger partial charge in [-0.3, -0.25) is 14.4 Å². The number of carbonyl (C=O) groups is 3. The second-order valence-corrected chi connectivity index (χ2v) is 8.63. The highest BCUT2D eigenvalue weighted by molar-refractivity contribution is 5.98. The number of Topliss-reactive ketones (excluding diaryl/α,β-unsaturated/α-hetero) is 1. The predicted molar refractivity (Wildman–Crippen MR) is 108 cm³/mol. The highest BCUT2D eigenvalue weighted by Crippen LogP contribution is 2.33. The number of hydrogen-bond donors (Lipinski definition) is 3. The van der Waals surface area contributed by atoms with Crippen LogP contribution in [0.2, 0.25) is 0 Å². The highest BCUT2D eigenvalue weighted by Gasteiger charge is 2.52. The fraction of sp³-hybridized carbons (Fsp3) is 0.857. The number of rotatable bonds is 14. The first-order chi connectivity index (χ1) is 13.1. The lowest BCUT2D eigenvalue weighted by Gasteiger charge is -2.25. The van der Waals surface area contributed by atoms with E-state index in [9.17, 15) is 19.5 Å². The molecule has 0 radical (unpaired) electrons. The third kappa shape index (κ3) is 7.87. The molecule has 0 spiro atoms. The summed E-state index contributed by atoms with van der Waals surface area (Å²) in [5.74, 6) is -0.140. The molecule has 7 nitrogen and oxygen atoms in total. The average Bonchev–Trinajstić information content (AvgIpc) is 3.42. The summed E-state index contributed by atoms with van der Waals surface area (Å²) in [6.07, 6.45) is 4.11. The maximum atomic E-state index is 12.8. The van der Waals surface area contributed by atoms with E-state index in [1.807, 2.05) is 20.8 Å². The van der Waals surface area contributed by atoms with Crippen LogP contribution in [-0.2, 0) is 19.1 Å². The molecule has 1 saturated heterocycles. The molecule has 7 heteroatoms. The zero-order valence-electron chi connectivity index (χ0n) is 18.0. The van der Waals surface area contributed by atoms with E-state index in [2.05, 4.69) is 24.5 Å². The summed E-state index contributed by atoms with van der Waals surface area (Å²) in [7, 11) is 0. The van der Waals surface area contributed by atoms with Crippen LogP contribution in [0.1, 0.15) is 73.1 Å². The van der Waals surface area contributed by atoms with Gasteiger partial charge in [0.15, 0.2) is 11.4 Å². The van der Waals surface area contributed by atoms with Crippen LogP contribution in [0.4, 0.5) is 0 Å². The molecule has 0 aromatic carbocycles. The summed E-state index contributed by atoms with van der Waals surface area (Å²) in [6.45, 7) is 9.97. The van der Waals surface area contributed by atoms with Crippen LogP contribution in [0.3, 0.4) is 0 Å². The Balaban J connectivity index is 2.60. The Morgan fingerprint density at radius 3 is 2.14 bits per heavy atom. The van der Waals surface area contributed by atoms with E-state index in [0.717, 1.165) is 19.3 Å². The van der Waals surface area contributed by atoms with Crippen molar-refractivity contribution in [3.05, 3.63) is 0 Å². The quantitative estimate of drug-likeness (QED) is 0.306. The number of hydrogen-bond acceptors (Lipinski definition) is 5. The molecule has 1 unspecified atom stereocenters. The molecule has 1 aliphatic heterocycles. The fourth-order valence-corrected chi connectivity index (χ4v) is 3.20. The number of aliphatic hydroxyl groups excluding tert-OH is 1. The Kier molecular flexibility index (Phi) is 10.1. The second-order valence-electron chi connectivity index (χ2n) is 8.63. The van der Waals surface area contributed by atoms with E-state index in [-0.39, 0.29) is 17.6 Å². The largest absolute Gasteiger partial charge is 0.394 e. The number of carbonyl (C=O) groups excluding carboxylic acids is 3. The Morgan fingerprint density at radius 1 is 1.04 bits per heavy atom. The summed E-state index contributed by atoms with van der Waals surface area (Å²) in [6, 6.07) is -1.75. The van der Waals surface area contributed by atoms with Crippen LogP contribution in [0.15, 0.2) is 0 Å². The number of unbranched alkanes of at least 4 members (excludes halogenated alkanes) is 1. The van der Waals surface area contributed by atoms with Crippen LogP contribution >= 0.6 is 0 Å². The maximum Gasteiger partial charge on any atom is 0.245 e. The first kappa shape index (κ1) is 24.6. The first-order valence-corrected chi connectivity index (χ1v) is 10.5. The second kappa shape index (κ2) is 11.5. The van der Waals surface area contributed by atoms with E-state index in [1.54, 1.807) is 0 Å². The molecule has 162 valence electrons. The SMILES string of the molecule is CC[C@]1(C(=O)[C@H](CC(C)C)NC(=O)C(CO)NC(=O)CCCCC(C)C)CO1. The van der Waals surface area contributed by atoms with Gasteiger partial charge < -0.3 is 20.5 Å². The first-order valence-electron chi connectivity index (χ1n) is 10.5. The third-order valence-corrected chi connectivity index (χ3v) is 5.12. The van der Waals surface area contributed by atoms with Gasteiger partial charge >= 0.3 is 0 Å². The van der Waals surface area contributed by atoms with Crippen LogP contribution in [0.5, 0.6) is 0 Å². The van der Waals surface area contributed by atoms with Crippen molar-refractivity contribution in [2.45, 2.75) is 90.8 Å². The number of aliphatic hydroxyl groups is 1. The van der Waals surface area contributed by atoms with Gasteiger partial charge in [-0.2, -0.15) is 0 Å². The summed E-state index contributed by atoms with van der Waals surface area (Å²) in [5, 5.41) is 14.9. The molecule has 0 bridgehead atoms. The van der Waals surface area contributed by atoms with Crippen molar-refractivity contribution in [1.29, 1.82) is 0 Å². The van der Waals surface area contributed by atoms with Crippen molar-refractivity contribution >= 4 is 17.6 Å². The summed E-state index contributed by atoms with van der Waals surface area (Å²) >= 11 is 0. The normalized spacial score (nSPS) is 20.7. The lowest BCUT2D eigenvalue weighted by atomic mass is 9.90. The standard InChI is InChI=1S/C21H38N2O5/c1-6-21(13-28-21)19(26)16(11-15(4)5)23-20(27)17(12-24)22-18(25)10-8-7-9-14(2)3/h14-17,24H,6-13H2,1-5H3,(H,22,25)(H,23,27)/t16-,17?,21+/m0/s1. The maximum absolute atomic E-state index is 12.8. The zero-order valence-corrected chi connectivity index (χ0v) is 18.0. The Morgan fingerprint density at radius 2 is 1.68 bits per heavy atom. The van der Waals surface area contributed by atoms with Gasteiger partial charge in [0, 0.05) is 6.42 Å². The molecule has 3 N–H and O–H groups in total. The molecule has 0 aliphatic carbocycles. The third-order valence-electron chi connectivity index (χ3n) is 5.12. The minimum Gasteiger partial charge on any atom is -0.394 e. The lowest BCUT2D eigenvalue weighted by Crippen LogP contribution is -2.55. The highest BCUT2D eigenvalue weighted by atomic mass is 16.6. The van der Waals surface area contributed by atoms with Crippen LogP contribution in [-0.4, -0.2) is 53.6 Å². The van der Waals surface area contributed by atoms with E-state index < -0.39 is 30.2 Å². The van der Waals surface area contributed by atoms with Crippen molar-refractivity contribution in [1.82, 2.24) is 10.6 Å². The zero-order chi connectivity index (χ0) is 21.3. The smallest absolute Gasteiger partial charge is 0.245 e. The molecule has 2 amide bonds. The minimum atomic E-state index is -1.06. The monoisotopic (exact) mass is 398 g/mol. The van der Waals surface area contributed by atoms with Crippen LogP contribution in [0.25, 0.3) is 0 Å². The van der Waals surface area contributed by atoms with Crippen molar-refractivity contribution in [2.24, 2.45) is 11.8 Å². The topological polar surface area (TPSA) is 108 Å². The summed E-state index contributed by atoms with van der Waals surface area (Å²) < 4.78 is 5.35. The molecule has 0 saturated carbocycles. The molecule has 1 fully saturated rings. The molecule has 0 aromatic rings. The van der Waals surface area contributed by atoms with Gasteiger partial charge in [-0.15, -0.1) is 0 Å². The van der Waals surface area contributed by atoms with Crippen LogP contribution in [0, 0.1) is 11.8 Å². The number of nitrogens with one attached hydrogen (secondary N) is 2. The number of ether oxygens (including phenoxy) is 1. The number of epoxide rings is 1. The van der Waals surface area contributed by atoms with Gasteiger partial charge in [-0.05, 0) is 31.1 Å².